The third kappa shape index (κ3) is 5.62. The highest BCUT2D eigenvalue weighted by Gasteiger charge is 2.25. The lowest BCUT2D eigenvalue weighted by atomic mass is 10.2. The molecule has 1 N–H and O–H groups in total. The molecule has 132 valence electrons. The van der Waals surface area contributed by atoms with Gasteiger partial charge in [0, 0.05) is 25.8 Å². The second-order valence-electron chi connectivity index (χ2n) is 6.62. The number of hydrogen-bond donors (Lipinski definition) is 1. The van der Waals surface area contributed by atoms with Crippen molar-refractivity contribution < 1.29 is 14.3 Å². The Bertz CT molecular complexity index is 563. The molecule has 24 heavy (non-hydrogen) atoms. The first-order valence-corrected chi connectivity index (χ1v) is 8.32. The number of nitrogens with one attached hydrogen (secondary N) is 1. The van der Waals surface area contributed by atoms with Gasteiger partial charge >= 0.3 is 0 Å². The molecule has 1 aromatic carbocycles. The smallest absolute Gasteiger partial charge is 0.243 e. The summed E-state index contributed by atoms with van der Waals surface area (Å²) < 4.78 is 5.67. The van der Waals surface area contributed by atoms with Gasteiger partial charge in [0.25, 0.3) is 0 Å². The van der Waals surface area contributed by atoms with E-state index in [4.69, 9.17) is 4.74 Å². The lowest BCUT2D eigenvalue weighted by molar-refractivity contribution is -0.137. The maximum atomic E-state index is 12.3. The molecule has 1 aromatic rings. The van der Waals surface area contributed by atoms with Crippen molar-refractivity contribution in [2.75, 3.05) is 38.5 Å². The van der Waals surface area contributed by atoms with E-state index in [1.165, 1.54) is 4.90 Å². The van der Waals surface area contributed by atoms with Gasteiger partial charge < -0.3 is 15.0 Å². The number of carbonyl (C=O) groups excluding carboxylic acids is 2. The topological polar surface area (TPSA) is 61.9 Å². The number of anilines is 1. The van der Waals surface area contributed by atoms with E-state index in [-0.39, 0.29) is 30.6 Å². The fourth-order valence-electron chi connectivity index (χ4n) is 2.87. The van der Waals surface area contributed by atoms with Gasteiger partial charge in [0.05, 0.1) is 25.3 Å². The third-order valence-corrected chi connectivity index (χ3v) is 4.00. The van der Waals surface area contributed by atoms with Crippen LogP contribution in [-0.4, -0.2) is 67.0 Å². The molecule has 0 bridgehead atoms. The maximum absolute atomic E-state index is 12.3. The molecule has 0 aliphatic carbocycles. The lowest BCUT2D eigenvalue weighted by Crippen LogP contribution is -2.50. The molecule has 6 heteroatoms. The van der Waals surface area contributed by atoms with Gasteiger partial charge in [0.15, 0.2) is 0 Å². The van der Waals surface area contributed by atoms with Crippen LogP contribution >= 0.6 is 0 Å². The van der Waals surface area contributed by atoms with Crippen LogP contribution in [0.15, 0.2) is 24.3 Å². The highest BCUT2D eigenvalue weighted by Crippen LogP contribution is 2.11. The first-order valence-electron chi connectivity index (χ1n) is 8.32. The zero-order valence-corrected chi connectivity index (χ0v) is 14.9. The molecule has 2 atom stereocenters. The first kappa shape index (κ1) is 18.4. The van der Waals surface area contributed by atoms with Crippen molar-refractivity contribution in [3.63, 3.8) is 0 Å². The normalized spacial score (nSPS) is 21.3. The van der Waals surface area contributed by atoms with Crippen LogP contribution < -0.4 is 5.32 Å². The highest BCUT2D eigenvalue weighted by atomic mass is 16.5. The van der Waals surface area contributed by atoms with Crippen LogP contribution in [-0.2, 0) is 14.3 Å². The number of hydrogen-bond acceptors (Lipinski definition) is 4. The van der Waals surface area contributed by atoms with Crippen molar-refractivity contribution in [2.45, 2.75) is 33.0 Å². The fourth-order valence-corrected chi connectivity index (χ4v) is 2.87. The molecule has 1 saturated heterocycles. The van der Waals surface area contributed by atoms with Crippen molar-refractivity contribution in [1.29, 1.82) is 0 Å². The van der Waals surface area contributed by atoms with Crippen LogP contribution in [0.1, 0.15) is 19.4 Å². The van der Waals surface area contributed by atoms with Gasteiger partial charge in [-0.3, -0.25) is 14.5 Å². The number of morpholine rings is 1. The van der Waals surface area contributed by atoms with Gasteiger partial charge in [-0.2, -0.15) is 0 Å². The van der Waals surface area contributed by atoms with Crippen molar-refractivity contribution >= 4 is 17.5 Å². The summed E-state index contributed by atoms with van der Waals surface area (Å²) in [4.78, 5) is 27.9. The van der Waals surface area contributed by atoms with E-state index in [1.807, 2.05) is 45.0 Å². The van der Waals surface area contributed by atoms with Crippen LogP contribution in [0.4, 0.5) is 5.69 Å². The molecule has 1 aliphatic heterocycles. The largest absolute Gasteiger partial charge is 0.373 e. The average Bonchev–Trinajstić information content (AvgIpc) is 2.48. The van der Waals surface area contributed by atoms with Gasteiger partial charge in [-0.05, 0) is 32.9 Å². The van der Waals surface area contributed by atoms with E-state index in [0.717, 1.165) is 24.3 Å². The van der Waals surface area contributed by atoms with Crippen LogP contribution in [0.5, 0.6) is 0 Å². The molecule has 0 saturated carbocycles. The van der Waals surface area contributed by atoms with Crippen molar-refractivity contribution in [2.24, 2.45) is 0 Å². The Balaban J connectivity index is 1.80. The summed E-state index contributed by atoms with van der Waals surface area (Å²) >= 11 is 0. The number of rotatable bonds is 5. The summed E-state index contributed by atoms with van der Waals surface area (Å²) in [5, 5.41) is 2.81. The number of amides is 2. The van der Waals surface area contributed by atoms with Gasteiger partial charge in [-0.15, -0.1) is 0 Å². The first-order chi connectivity index (χ1) is 11.3. The number of likely N-dealkylation sites (N-methyl/N-ethyl adjacent to an activating group) is 1. The summed E-state index contributed by atoms with van der Waals surface area (Å²) in [6.07, 6.45) is 0.244. The second kappa shape index (κ2) is 8.26. The number of nitrogens with zero attached hydrogens (tertiary/aromatic N) is 2. The number of carbonyl (C=O) groups is 2. The summed E-state index contributed by atoms with van der Waals surface area (Å²) in [6.45, 7) is 7.83. The zero-order valence-electron chi connectivity index (χ0n) is 14.9. The van der Waals surface area contributed by atoms with Crippen LogP contribution in [0.3, 0.4) is 0 Å². The van der Waals surface area contributed by atoms with Gasteiger partial charge in [-0.25, -0.2) is 0 Å². The van der Waals surface area contributed by atoms with Crippen LogP contribution in [0.25, 0.3) is 0 Å². The molecular weight excluding hydrogens is 306 g/mol. The Morgan fingerprint density at radius 1 is 1.21 bits per heavy atom. The summed E-state index contributed by atoms with van der Waals surface area (Å²) in [5.41, 5.74) is 1.87. The lowest BCUT2D eigenvalue weighted by Gasteiger charge is -2.35. The Hall–Kier alpha value is -1.92. The zero-order chi connectivity index (χ0) is 17.7. The van der Waals surface area contributed by atoms with Gasteiger partial charge in [0.2, 0.25) is 11.8 Å². The molecule has 1 heterocycles. The summed E-state index contributed by atoms with van der Waals surface area (Å²) in [6, 6.07) is 7.58. The standard InChI is InChI=1S/C18H27N3O3/c1-13-5-7-16(8-6-13)19-17(22)11-20(4)18(23)12-21-9-14(2)24-15(3)10-21/h5-8,14-15H,9-12H2,1-4H3,(H,19,22). The van der Waals surface area contributed by atoms with E-state index < -0.39 is 0 Å². The number of aryl methyl sites for hydroxylation is 1. The molecule has 1 fully saturated rings. The SMILES string of the molecule is Cc1ccc(NC(=O)CN(C)C(=O)CN2CC(C)OC(C)C2)cc1. The fraction of sp³-hybridized carbons (Fsp3) is 0.556. The van der Waals surface area contributed by atoms with E-state index >= 15 is 0 Å². The van der Waals surface area contributed by atoms with E-state index in [9.17, 15) is 9.59 Å². The molecule has 2 unspecified atom stereocenters. The summed E-state index contributed by atoms with van der Waals surface area (Å²) in [7, 11) is 1.66. The minimum absolute atomic E-state index is 0.0438. The van der Waals surface area contributed by atoms with Crippen LogP contribution in [0.2, 0.25) is 0 Å². The van der Waals surface area contributed by atoms with Crippen LogP contribution in [0, 0.1) is 6.92 Å². The molecular formula is C18H27N3O3. The van der Waals surface area contributed by atoms with Gasteiger partial charge in [0.1, 0.15) is 0 Å². The Morgan fingerprint density at radius 2 is 1.79 bits per heavy atom. The molecule has 1 aliphatic rings. The number of benzene rings is 1. The van der Waals surface area contributed by atoms with E-state index in [2.05, 4.69) is 10.2 Å². The summed E-state index contributed by atoms with van der Waals surface area (Å²) in [5.74, 6) is -0.256. The Morgan fingerprint density at radius 3 is 2.38 bits per heavy atom. The van der Waals surface area contributed by atoms with E-state index in [0.29, 0.717) is 6.54 Å². The number of ether oxygens (including phenoxy) is 1. The quantitative estimate of drug-likeness (QED) is 0.887. The van der Waals surface area contributed by atoms with E-state index in [1.54, 1.807) is 7.05 Å². The van der Waals surface area contributed by atoms with Gasteiger partial charge in [-0.1, -0.05) is 17.7 Å². The highest BCUT2D eigenvalue weighted by molar-refractivity contribution is 5.94. The Labute approximate surface area is 143 Å². The third-order valence-electron chi connectivity index (χ3n) is 4.00. The van der Waals surface area contributed by atoms with Crippen molar-refractivity contribution in [3.8, 4) is 0 Å². The average molecular weight is 333 g/mol. The predicted octanol–water partition coefficient (Wildman–Crippen LogP) is 1.50. The maximum Gasteiger partial charge on any atom is 0.243 e. The molecule has 6 nitrogen and oxygen atoms in total. The molecule has 0 aromatic heterocycles. The molecule has 0 spiro atoms. The minimum Gasteiger partial charge on any atom is -0.373 e. The molecule has 2 amide bonds. The second-order valence-corrected chi connectivity index (χ2v) is 6.62. The Kier molecular flexibility index (Phi) is 6.34. The molecule has 2 rings (SSSR count). The van der Waals surface area contributed by atoms with Crippen molar-refractivity contribution in [1.82, 2.24) is 9.80 Å². The molecule has 0 radical (unpaired) electrons. The van der Waals surface area contributed by atoms with Crippen molar-refractivity contribution in [3.05, 3.63) is 29.8 Å². The minimum atomic E-state index is -0.196. The predicted molar refractivity (Wildman–Crippen MR) is 93.9 cm³/mol. The monoisotopic (exact) mass is 333 g/mol.